The zero-order chi connectivity index (χ0) is 19.6. The van der Waals surface area contributed by atoms with Crippen molar-refractivity contribution >= 4 is 46.0 Å². The third-order valence-corrected chi connectivity index (χ3v) is 5.89. The Morgan fingerprint density at radius 2 is 1.81 bits per heavy atom. The number of fused-ring (bicyclic) bond motifs is 1. The minimum absolute atomic E-state index is 0.116. The average molecular weight is 405 g/mol. The first-order valence-corrected chi connectivity index (χ1v) is 10.5. The molecule has 2 heterocycles. The van der Waals surface area contributed by atoms with E-state index in [4.69, 9.17) is 0 Å². The van der Waals surface area contributed by atoms with E-state index < -0.39 is 23.8 Å². The Kier molecular flexibility index (Phi) is 5.91. The molecule has 2 aromatic rings. The number of amides is 3. The highest BCUT2D eigenvalue weighted by Crippen LogP contribution is 2.29. The maximum absolute atomic E-state index is 12.9. The van der Waals surface area contributed by atoms with E-state index in [0.29, 0.717) is 22.7 Å². The summed E-state index contributed by atoms with van der Waals surface area (Å²) >= 11 is 2.81. The molecule has 3 rings (SSSR count). The standard InChI is InChI=1S/C18H20N4O3S2/c1-4-26-18-21-20-17(27-18)19-14(23)13(9-10(2)3)22-15(24)11-7-5-6-8-12(11)16(22)25/h5-8,10,13H,4,9H2,1-3H3,(H,19,20,23). The number of nitrogens with zero attached hydrogens (tertiary/aromatic N) is 3. The van der Waals surface area contributed by atoms with Crippen molar-refractivity contribution in [3.8, 4) is 0 Å². The zero-order valence-corrected chi connectivity index (χ0v) is 16.9. The molecule has 1 N–H and O–H groups in total. The van der Waals surface area contributed by atoms with Gasteiger partial charge in [0.15, 0.2) is 4.34 Å². The fourth-order valence-corrected chi connectivity index (χ4v) is 4.55. The minimum Gasteiger partial charge on any atom is -0.299 e. The van der Waals surface area contributed by atoms with E-state index in [9.17, 15) is 14.4 Å². The maximum atomic E-state index is 12.9. The second-order valence-electron chi connectivity index (χ2n) is 6.47. The summed E-state index contributed by atoms with van der Waals surface area (Å²) < 4.78 is 0.758. The average Bonchev–Trinajstić information content (AvgIpc) is 3.17. The maximum Gasteiger partial charge on any atom is 0.262 e. The lowest BCUT2D eigenvalue weighted by atomic mass is 10.0. The van der Waals surface area contributed by atoms with Gasteiger partial charge in [-0.3, -0.25) is 24.6 Å². The van der Waals surface area contributed by atoms with Gasteiger partial charge < -0.3 is 0 Å². The zero-order valence-electron chi connectivity index (χ0n) is 15.3. The van der Waals surface area contributed by atoms with Crippen molar-refractivity contribution in [1.29, 1.82) is 0 Å². The van der Waals surface area contributed by atoms with Crippen LogP contribution in [0.3, 0.4) is 0 Å². The lowest BCUT2D eigenvalue weighted by Crippen LogP contribution is -2.47. The van der Waals surface area contributed by atoms with Crippen LogP contribution in [0.2, 0.25) is 0 Å². The van der Waals surface area contributed by atoms with Gasteiger partial charge in [-0.1, -0.05) is 56.0 Å². The van der Waals surface area contributed by atoms with Crippen molar-refractivity contribution in [1.82, 2.24) is 15.1 Å². The van der Waals surface area contributed by atoms with E-state index in [1.54, 1.807) is 24.3 Å². The third kappa shape index (κ3) is 4.03. The number of aromatic nitrogens is 2. The molecule has 0 fully saturated rings. The Balaban J connectivity index is 1.84. The lowest BCUT2D eigenvalue weighted by molar-refractivity contribution is -0.120. The highest BCUT2D eigenvalue weighted by molar-refractivity contribution is 8.01. The number of carbonyl (C=O) groups is 3. The summed E-state index contributed by atoms with van der Waals surface area (Å²) in [5.41, 5.74) is 0.670. The highest BCUT2D eigenvalue weighted by Gasteiger charge is 2.42. The molecular weight excluding hydrogens is 384 g/mol. The van der Waals surface area contributed by atoms with Gasteiger partial charge >= 0.3 is 0 Å². The first kappa shape index (κ1) is 19.5. The van der Waals surface area contributed by atoms with Crippen LogP contribution in [0, 0.1) is 5.92 Å². The Morgan fingerprint density at radius 1 is 1.19 bits per heavy atom. The molecule has 0 saturated heterocycles. The monoisotopic (exact) mass is 404 g/mol. The number of nitrogens with one attached hydrogen (secondary N) is 1. The van der Waals surface area contributed by atoms with Crippen LogP contribution < -0.4 is 5.32 Å². The summed E-state index contributed by atoms with van der Waals surface area (Å²) in [6.07, 6.45) is 0.368. The molecule has 1 aliphatic rings. The first-order chi connectivity index (χ1) is 12.9. The van der Waals surface area contributed by atoms with Gasteiger partial charge in [-0.05, 0) is 30.2 Å². The normalized spacial score (nSPS) is 14.6. The van der Waals surface area contributed by atoms with Gasteiger partial charge in [-0.15, -0.1) is 10.2 Å². The van der Waals surface area contributed by atoms with Crippen LogP contribution in [0.5, 0.6) is 0 Å². The van der Waals surface area contributed by atoms with Crippen LogP contribution in [-0.4, -0.2) is 44.6 Å². The molecule has 1 unspecified atom stereocenters. The number of imide groups is 1. The summed E-state index contributed by atoms with van der Waals surface area (Å²) in [6.45, 7) is 5.89. The first-order valence-electron chi connectivity index (χ1n) is 8.66. The number of anilines is 1. The van der Waals surface area contributed by atoms with Gasteiger partial charge in [0.2, 0.25) is 11.0 Å². The van der Waals surface area contributed by atoms with E-state index in [0.717, 1.165) is 15.0 Å². The van der Waals surface area contributed by atoms with Crippen LogP contribution in [0.4, 0.5) is 5.13 Å². The second-order valence-corrected chi connectivity index (χ2v) is 8.96. The molecule has 0 radical (unpaired) electrons. The van der Waals surface area contributed by atoms with Crippen LogP contribution >= 0.6 is 23.1 Å². The predicted molar refractivity (Wildman–Crippen MR) is 105 cm³/mol. The molecule has 3 amide bonds. The molecule has 27 heavy (non-hydrogen) atoms. The van der Waals surface area contributed by atoms with Crippen LogP contribution in [0.1, 0.15) is 47.9 Å². The Morgan fingerprint density at radius 3 is 2.37 bits per heavy atom. The van der Waals surface area contributed by atoms with Crippen molar-refractivity contribution in [3.63, 3.8) is 0 Å². The fraction of sp³-hybridized carbons (Fsp3) is 0.389. The van der Waals surface area contributed by atoms with Gasteiger partial charge in [-0.2, -0.15) is 0 Å². The molecule has 1 atom stereocenters. The molecule has 142 valence electrons. The molecule has 9 heteroatoms. The number of hydrogen-bond donors (Lipinski definition) is 1. The van der Waals surface area contributed by atoms with Crippen molar-refractivity contribution in [2.24, 2.45) is 5.92 Å². The number of carbonyl (C=O) groups excluding carboxylic acids is 3. The van der Waals surface area contributed by atoms with E-state index in [1.807, 2.05) is 20.8 Å². The van der Waals surface area contributed by atoms with Crippen molar-refractivity contribution in [2.75, 3.05) is 11.1 Å². The van der Waals surface area contributed by atoms with E-state index in [-0.39, 0.29) is 5.92 Å². The van der Waals surface area contributed by atoms with Gasteiger partial charge in [-0.25, -0.2) is 0 Å². The van der Waals surface area contributed by atoms with Crippen LogP contribution in [-0.2, 0) is 4.79 Å². The topological polar surface area (TPSA) is 92.3 Å². The Hall–Kier alpha value is -2.26. The number of hydrogen-bond acceptors (Lipinski definition) is 7. The Labute approximate surface area is 165 Å². The molecule has 7 nitrogen and oxygen atoms in total. The highest BCUT2D eigenvalue weighted by atomic mass is 32.2. The largest absolute Gasteiger partial charge is 0.299 e. The molecule has 1 aliphatic heterocycles. The molecule has 0 aliphatic carbocycles. The van der Waals surface area contributed by atoms with Gasteiger partial charge in [0, 0.05) is 0 Å². The summed E-state index contributed by atoms with van der Waals surface area (Å²) in [4.78, 5) is 39.5. The van der Waals surface area contributed by atoms with Crippen LogP contribution in [0.25, 0.3) is 0 Å². The molecular formula is C18H20N4O3S2. The van der Waals surface area contributed by atoms with Crippen LogP contribution in [0.15, 0.2) is 28.6 Å². The van der Waals surface area contributed by atoms with E-state index in [2.05, 4.69) is 15.5 Å². The summed E-state index contributed by atoms with van der Waals surface area (Å²) in [5, 5.41) is 11.1. The van der Waals surface area contributed by atoms with E-state index in [1.165, 1.54) is 23.1 Å². The number of rotatable bonds is 7. The van der Waals surface area contributed by atoms with Gasteiger partial charge in [0.1, 0.15) is 6.04 Å². The van der Waals surface area contributed by atoms with Crippen molar-refractivity contribution < 1.29 is 14.4 Å². The van der Waals surface area contributed by atoms with E-state index >= 15 is 0 Å². The number of thioether (sulfide) groups is 1. The quantitative estimate of drug-likeness (QED) is 0.432. The SMILES string of the molecule is CCSc1nnc(NC(=O)C(CC(C)C)N2C(=O)c3ccccc3C2=O)s1. The molecule has 0 bridgehead atoms. The third-order valence-electron chi connectivity index (χ3n) is 4.04. The fourth-order valence-electron chi connectivity index (χ4n) is 2.90. The lowest BCUT2D eigenvalue weighted by Gasteiger charge is -2.26. The smallest absolute Gasteiger partial charge is 0.262 e. The molecule has 0 spiro atoms. The van der Waals surface area contributed by atoms with Gasteiger partial charge in [0.25, 0.3) is 11.8 Å². The minimum atomic E-state index is -0.899. The van der Waals surface area contributed by atoms with Gasteiger partial charge in [0.05, 0.1) is 11.1 Å². The summed E-state index contributed by atoms with van der Waals surface area (Å²) in [5.74, 6) is -0.326. The second kappa shape index (κ2) is 8.18. The molecule has 1 aromatic heterocycles. The van der Waals surface area contributed by atoms with Crippen molar-refractivity contribution in [2.45, 2.75) is 37.6 Å². The summed E-state index contributed by atoms with van der Waals surface area (Å²) in [6, 6.07) is 5.74. The Bertz CT molecular complexity index is 846. The molecule has 1 aromatic carbocycles. The number of benzene rings is 1. The predicted octanol–water partition coefficient (Wildman–Crippen LogP) is 3.30. The molecule has 0 saturated carbocycles. The summed E-state index contributed by atoms with van der Waals surface area (Å²) in [7, 11) is 0. The van der Waals surface area contributed by atoms with Crippen molar-refractivity contribution in [3.05, 3.63) is 35.4 Å².